The zero-order valence-electron chi connectivity index (χ0n) is 6.60. The number of hydrogen-bond acceptors (Lipinski definition) is 4. The van der Waals surface area contributed by atoms with Gasteiger partial charge in [0.15, 0.2) is 5.69 Å². The average Bonchev–Trinajstić information content (AvgIpc) is 2.67. The van der Waals surface area contributed by atoms with Gasteiger partial charge >= 0.3 is 0 Å². The lowest BCUT2D eigenvalue weighted by atomic mass is 10.3. The monoisotopic (exact) mass is 171 g/mol. The van der Waals surface area contributed by atoms with Crippen molar-refractivity contribution in [3.8, 4) is 17.5 Å². The lowest BCUT2D eigenvalue weighted by molar-refractivity contribution is 1.06. The van der Waals surface area contributed by atoms with Crippen molar-refractivity contribution in [2.45, 2.75) is 0 Å². The molecule has 2 aromatic rings. The predicted molar refractivity (Wildman–Crippen MR) is 44.3 cm³/mol. The van der Waals surface area contributed by atoms with Crippen LogP contribution in [-0.4, -0.2) is 20.2 Å². The molecular formula is C8H5N5. The van der Waals surface area contributed by atoms with E-state index in [0.29, 0.717) is 17.1 Å². The van der Waals surface area contributed by atoms with Crippen LogP contribution >= 0.6 is 0 Å². The Bertz CT molecular complexity index is 439. The van der Waals surface area contributed by atoms with Crippen LogP contribution in [0.15, 0.2) is 24.7 Å². The van der Waals surface area contributed by atoms with Crippen LogP contribution < -0.4 is 0 Å². The zero-order valence-corrected chi connectivity index (χ0v) is 6.60. The second-order valence-electron chi connectivity index (χ2n) is 2.37. The van der Waals surface area contributed by atoms with Crippen LogP contribution in [0.1, 0.15) is 5.69 Å². The van der Waals surface area contributed by atoms with Gasteiger partial charge in [-0.15, -0.1) is 0 Å². The first-order chi connectivity index (χ1) is 6.40. The molecule has 5 nitrogen and oxygen atoms in total. The van der Waals surface area contributed by atoms with Crippen LogP contribution in [0, 0.1) is 11.3 Å². The Morgan fingerprint density at radius 3 is 2.92 bits per heavy atom. The minimum atomic E-state index is 0.348. The summed E-state index contributed by atoms with van der Waals surface area (Å²) in [6, 6.07) is 3.56. The average molecular weight is 171 g/mol. The molecule has 0 aliphatic carbocycles. The standard InChI is InChI=1S/C8H5N5/c9-4-6-3-7(13-12-6)8-5-10-1-2-11-8/h1-3,5H,(H,12,13). The second-order valence-corrected chi connectivity index (χ2v) is 2.37. The first-order valence-corrected chi connectivity index (χ1v) is 3.62. The normalized spacial score (nSPS) is 9.46. The van der Waals surface area contributed by atoms with Gasteiger partial charge in [-0.25, -0.2) is 0 Å². The maximum Gasteiger partial charge on any atom is 0.162 e. The summed E-state index contributed by atoms with van der Waals surface area (Å²) in [6.45, 7) is 0. The molecular weight excluding hydrogens is 166 g/mol. The topological polar surface area (TPSA) is 78.2 Å². The van der Waals surface area contributed by atoms with Crippen molar-refractivity contribution in [2.75, 3.05) is 0 Å². The maximum absolute atomic E-state index is 8.53. The van der Waals surface area contributed by atoms with Gasteiger partial charge in [-0.1, -0.05) is 0 Å². The van der Waals surface area contributed by atoms with Gasteiger partial charge < -0.3 is 0 Å². The van der Waals surface area contributed by atoms with Crippen molar-refractivity contribution in [1.82, 2.24) is 20.2 Å². The Balaban J connectivity index is 2.43. The highest BCUT2D eigenvalue weighted by Gasteiger charge is 2.02. The lowest BCUT2D eigenvalue weighted by Gasteiger charge is -1.91. The van der Waals surface area contributed by atoms with Gasteiger partial charge in [0, 0.05) is 18.5 Å². The molecule has 0 saturated carbocycles. The molecule has 0 aliphatic heterocycles. The summed E-state index contributed by atoms with van der Waals surface area (Å²) < 4.78 is 0. The Kier molecular flexibility index (Phi) is 1.73. The number of H-pyrrole nitrogens is 1. The molecule has 1 N–H and O–H groups in total. The molecule has 0 atom stereocenters. The van der Waals surface area contributed by atoms with Gasteiger partial charge in [-0.3, -0.25) is 15.1 Å². The van der Waals surface area contributed by atoms with Gasteiger partial charge in [-0.2, -0.15) is 10.4 Å². The van der Waals surface area contributed by atoms with E-state index in [1.807, 2.05) is 6.07 Å². The molecule has 0 spiro atoms. The SMILES string of the molecule is N#Cc1cc(-c2cnccn2)[nH]n1. The van der Waals surface area contributed by atoms with Gasteiger partial charge in [0.05, 0.1) is 11.9 Å². The summed E-state index contributed by atoms with van der Waals surface area (Å²) in [5.41, 5.74) is 1.72. The van der Waals surface area contributed by atoms with Crippen LogP contribution in [0.2, 0.25) is 0 Å². The van der Waals surface area contributed by atoms with Crippen LogP contribution in [0.25, 0.3) is 11.4 Å². The summed E-state index contributed by atoms with van der Waals surface area (Å²) in [6.07, 6.45) is 4.78. The summed E-state index contributed by atoms with van der Waals surface area (Å²) >= 11 is 0. The van der Waals surface area contributed by atoms with Crippen molar-refractivity contribution in [3.05, 3.63) is 30.4 Å². The molecule has 0 aromatic carbocycles. The van der Waals surface area contributed by atoms with E-state index >= 15 is 0 Å². The van der Waals surface area contributed by atoms with Gasteiger partial charge in [0.2, 0.25) is 0 Å². The number of hydrogen-bond donors (Lipinski definition) is 1. The summed E-state index contributed by atoms with van der Waals surface area (Å²) in [7, 11) is 0. The molecule has 0 unspecified atom stereocenters. The molecule has 0 radical (unpaired) electrons. The summed E-state index contributed by atoms with van der Waals surface area (Å²) in [5.74, 6) is 0. The molecule has 2 rings (SSSR count). The molecule has 62 valence electrons. The molecule has 2 heterocycles. The van der Waals surface area contributed by atoms with Gasteiger partial charge in [-0.05, 0) is 0 Å². The number of nitrogens with zero attached hydrogens (tertiary/aromatic N) is 4. The summed E-state index contributed by atoms with van der Waals surface area (Å²) in [4.78, 5) is 7.96. The highest BCUT2D eigenvalue weighted by atomic mass is 15.1. The Hall–Kier alpha value is -2.22. The number of nitriles is 1. The molecule has 13 heavy (non-hydrogen) atoms. The third-order valence-electron chi connectivity index (χ3n) is 1.53. The fourth-order valence-corrected chi connectivity index (χ4v) is 0.948. The number of rotatable bonds is 1. The highest BCUT2D eigenvalue weighted by molar-refractivity contribution is 5.53. The van der Waals surface area contributed by atoms with Crippen molar-refractivity contribution < 1.29 is 0 Å². The van der Waals surface area contributed by atoms with E-state index < -0.39 is 0 Å². The molecule has 5 heteroatoms. The van der Waals surface area contributed by atoms with Crippen LogP contribution in [0.3, 0.4) is 0 Å². The van der Waals surface area contributed by atoms with E-state index in [4.69, 9.17) is 5.26 Å². The predicted octanol–water partition coefficient (Wildman–Crippen LogP) is 0.738. The van der Waals surface area contributed by atoms with Crippen molar-refractivity contribution in [1.29, 1.82) is 5.26 Å². The number of aromatic nitrogens is 4. The van der Waals surface area contributed by atoms with E-state index in [1.165, 1.54) is 0 Å². The molecule has 0 saturated heterocycles. The third-order valence-corrected chi connectivity index (χ3v) is 1.53. The van der Waals surface area contributed by atoms with Crippen LogP contribution in [0.5, 0.6) is 0 Å². The van der Waals surface area contributed by atoms with Crippen molar-refractivity contribution in [2.24, 2.45) is 0 Å². The minimum absolute atomic E-state index is 0.348. The van der Waals surface area contributed by atoms with Crippen LogP contribution in [-0.2, 0) is 0 Å². The maximum atomic E-state index is 8.53. The van der Waals surface area contributed by atoms with E-state index in [2.05, 4.69) is 20.2 Å². The minimum Gasteiger partial charge on any atom is -0.275 e. The number of aromatic amines is 1. The second kappa shape index (κ2) is 3.03. The quantitative estimate of drug-likeness (QED) is 0.686. The number of nitrogens with one attached hydrogen (secondary N) is 1. The largest absolute Gasteiger partial charge is 0.275 e. The first kappa shape index (κ1) is 7.43. The molecule has 0 aliphatic rings. The van der Waals surface area contributed by atoms with E-state index in [1.54, 1.807) is 24.7 Å². The van der Waals surface area contributed by atoms with Crippen molar-refractivity contribution in [3.63, 3.8) is 0 Å². The van der Waals surface area contributed by atoms with Crippen LogP contribution in [0.4, 0.5) is 0 Å². The zero-order chi connectivity index (χ0) is 9.10. The van der Waals surface area contributed by atoms with E-state index in [9.17, 15) is 0 Å². The third kappa shape index (κ3) is 1.37. The van der Waals surface area contributed by atoms with E-state index in [0.717, 1.165) is 0 Å². The van der Waals surface area contributed by atoms with Crippen molar-refractivity contribution >= 4 is 0 Å². The van der Waals surface area contributed by atoms with Gasteiger partial charge in [0.1, 0.15) is 11.8 Å². The fourth-order valence-electron chi connectivity index (χ4n) is 0.948. The molecule has 0 amide bonds. The Morgan fingerprint density at radius 2 is 2.31 bits per heavy atom. The molecule has 2 aromatic heterocycles. The molecule has 0 bridgehead atoms. The molecule has 0 fully saturated rings. The van der Waals surface area contributed by atoms with E-state index in [-0.39, 0.29) is 0 Å². The summed E-state index contributed by atoms with van der Waals surface area (Å²) in [5, 5.41) is 15.0. The highest BCUT2D eigenvalue weighted by Crippen LogP contribution is 2.11. The Labute approximate surface area is 74.1 Å². The van der Waals surface area contributed by atoms with Gasteiger partial charge in [0.25, 0.3) is 0 Å². The first-order valence-electron chi connectivity index (χ1n) is 3.62. The lowest BCUT2D eigenvalue weighted by Crippen LogP contribution is -1.83. The smallest absolute Gasteiger partial charge is 0.162 e. The Morgan fingerprint density at radius 1 is 1.38 bits per heavy atom. The fraction of sp³-hybridized carbons (Fsp3) is 0.